The summed E-state index contributed by atoms with van der Waals surface area (Å²) in [6.07, 6.45) is 0.590. The number of hydrogen-bond acceptors (Lipinski definition) is 5. The molecule has 4 unspecified atom stereocenters. The summed E-state index contributed by atoms with van der Waals surface area (Å²) in [5, 5.41) is 0. The van der Waals surface area contributed by atoms with Crippen molar-refractivity contribution in [2.24, 2.45) is 23.7 Å². The first kappa shape index (κ1) is 13.2. The number of fused-ring (bicyclic) bond motifs is 2. The average Bonchev–Trinajstić information content (AvgIpc) is 2.67. The summed E-state index contributed by atoms with van der Waals surface area (Å²) in [7, 11) is 0. The predicted molar refractivity (Wildman–Crippen MR) is 48.9 cm³/mol. The molecular weight excluding hydrogens is 252 g/mol. The van der Waals surface area contributed by atoms with Crippen molar-refractivity contribution in [2.75, 3.05) is 0 Å². The van der Waals surface area contributed by atoms with Gasteiger partial charge >= 0.3 is 11.9 Å². The van der Waals surface area contributed by atoms with Crippen molar-refractivity contribution in [3.63, 3.8) is 0 Å². The van der Waals surface area contributed by atoms with Crippen LogP contribution in [0, 0.1) is 61.4 Å². The molecule has 3 rings (SSSR count). The van der Waals surface area contributed by atoms with Crippen molar-refractivity contribution < 1.29 is 61.7 Å². The van der Waals surface area contributed by atoms with Crippen molar-refractivity contribution in [1.29, 1.82) is 0 Å². The fourth-order valence-electron chi connectivity index (χ4n) is 3.12. The van der Waals surface area contributed by atoms with E-state index in [1.165, 1.54) is 0 Å². The standard InChI is InChI=1S/C11H10O5.Ar/c12-8-3-9(13)5-2-7-6(1-4(5)8)10(14)16-11(7)15;/h4-7H,1-3H2;. The fraction of sp³-hybridized carbons (Fsp3) is 0.636. The molecule has 2 aliphatic carbocycles. The number of ether oxygens (including phenoxy) is 1. The second-order valence-corrected chi connectivity index (χ2v) is 4.75. The van der Waals surface area contributed by atoms with Crippen LogP contribution in [0.3, 0.4) is 0 Å². The zero-order chi connectivity index (χ0) is 11.4. The molecule has 0 aromatic heterocycles. The van der Waals surface area contributed by atoms with Crippen LogP contribution in [0.1, 0.15) is 19.3 Å². The van der Waals surface area contributed by atoms with Gasteiger partial charge < -0.3 is 4.74 Å². The Morgan fingerprint density at radius 2 is 1.18 bits per heavy atom. The minimum atomic E-state index is -0.527. The maximum Gasteiger partial charge on any atom is 0.317 e. The molecule has 3 aliphatic rings. The molecule has 0 aromatic rings. The Hall–Kier alpha value is -0.260. The normalized spacial score (nSPS) is 39.5. The maximum atomic E-state index is 11.5. The molecule has 92 valence electrons. The first-order valence-corrected chi connectivity index (χ1v) is 5.39. The van der Waals surface area contributed by atoms with E-state index in [0.29, 0.717) is 12.8 Å². The Kier molecular flexibility index (Phi) is 3.44. The van der Waals surface area contributed by atoms with Gasteiger partial charge in [-0.3, -0.25) is 19.2 Å². The van der Waals surface area contributed by atoms with Gasteiger partial charge in [0.15, 0.2) is 0 Å². The summed E-state index contributed by atoms with van der Waals surface area (Å²) in [5.74, 6) is -2.92. The van der Waals surface area contributed by atoms with Gasteiger partial charge in [-0.25, -0.2) is 0 Å². The smallest absolute Gasteiger partial charge is 0.317 e. The van der Waals surface area contributed by atoms with Gasteiger partial charge in [0.2, 0.25) is 0 Å². The van der Waals surface area contributed by atoms with Gasteiger partial charge in [-0.15, -0.1) is 0 Å². The monoisotopic (exact) mass is 262 g/mol. The Morgan fingerprint density at radius 1 is 0.765 bits per heavy atom. The van der Waals surface area contributed by atoms with Crippen LogP contribution in [0.4, 0.5) is 0 Å². The minimum Gasteiger partial charge on any atom is -0.393 e. The van der Waals surface area contributed by atoms with Gasteiger partial charge in [-0.05, 0) is 12.8 Å². The minimum absolute atomic E-state index is 0. The summed E-state index contributed by atoms with van der Waals surface area (Å²) >= 11 is 0. The van der Waals surface area contributed by atoms with E-state index in [9.17, 15) is 19.2 Å². The van der Waals surface area contributed by atoms with E-state index in [1.807, 2.05) is 0 Å². The third-order valence-corrected chi connectivity index (χ3v) is 3.97. The molecule has 5 nitrogen and oxygen atoms in total. The average molecular weight is 262 g/mol. The molecule has 1 aliphatic heterocycles. The molecule has 0 N–H and O–H groups in total. The van der Waals surface area contributed by atoms with Crippen LogP contribution in [0.25, 0.3) is 0 Å². The topological polar surface area (TPSA) is 77.5 Å². The van der Waals surface area contributed by atoms with Crippen LogP contribution in [-0.2, 0) is 23.9 Å². The van der Waals surface area contributed by atoms with Gasteiger partial charge in [-0.2, -0.15) is 0 Å². The first-order valence-electron chi connectivity index (χ1n) is 5.39. The molecule has 0 bridgehead atoms. The molecule has 1 saturated heterocycles. The molecule has 0 spiro atoms. The second kappa shape index (κ2) is 4.44. The van der Waals surface area contributed by atoms with Gasteiger partial charge in [0.25, 0.3) is 0 Å². The Bertz CT molecular complexity index is 354. The number of esters is 2. The quantitative estimate of drug-likeness (QED) is 0.449. The van der Waals surface area contributed by atoms with Crippen molar-refractivity contribution in [1.82, 2.24) is 0 Å². The molecule has 0 amide bonds. The van der Waals surface area contributed by atoms with E-state index >= 15 is 0 Å². The van der Waals surface area contributed by atoms with E-state index < -0.39 is 23.8 Å². The molecule has 4 atom stereocenters. The number of carbonyl (C=O) groups excluding carboxylic acids is 4. The van der Waals surface area contributed by atoms with E-state index in [2.05, 4.69) is 4.74 Å². The molecule has 3 fully saturated rings. The summed E-state index contributed by atoms with van der Waals surface area (Å²) in [6.45, 7) is 0. The third kappa shape index (κ3) is 1.88. The number of ketones is 2. The van der Waals surface area contributed by atoms with Crippen LogP contribution in [0.2, 0.25) is 0 Å². The molecule has 17 heavy (non-hydrogen) atoms. The van der Waals surface area contributed by atoms with Crippen LogP contribution in [0.15, 0.2) is 0 Å². The Balaban J connectivity index is 0.00000108. The number of Topliss-reactive ketones (excluding diaryl/α,β-unsaturated/α-hetero) is 2. The summed E-state index contributed by atoms with van der Waals surface area (Å²) in [6, 6.07) is 0. The van der Waals surface area contributed by atoms with Crippen molar-refractivity contribution >= 4 is 23.5 Å². The van der Waals surface area contributed by atoms with Crippen molar-refractivity contribution in [3.05, 3.63) is 0 Å². The Labute approximate surface area is 127 Å². The van der Waals surface area contributed by atoms with Crippen LogP contribution >= 0.6 is 0 Å². The molecule has 0 radical (unpaired) electrons. The second-order valence-electron chi connectivity index (χ2n) is 4.75. The predicted octanol–water partition coefficient (Wildman–Crippen LogP) is -0.130. The zero-order valence-electron chi connectivity index (χ0n) is 8.83. The molecular formula is C11H10ArO5. The maximum absolute atomic E-state index is 11.5. The van der Waals surface area contributed by atoms with Crippen LogP contribution in [0.5, 0.6) is 0 Å². The molecule has 1 heterocycles. The number of cyclic esters (lactones) is 2. The summed E-state index contributed by atoms with van der Waals surface area (Å²) < 4.78 is 4.54. The third-order valence-electron chi connectivity index (χ3n) is 3.97. The molecule has 6 heteroatoms. The summed E-state index contributed by atoms with van der Waals surface area (Å²) in [5.41, 5.74) is 0. The van der Waals surface area contributed by atoms with Gasteiger partial charge in [0.05, 0.1) is 18.3 Å². The fourth-order valence-corrected chi connectivity index (χ4v) is 3.12. The van der Waals surface area contributed by atoms with Gasteiger partial charge in [0.1, 0.15) is 11.6 Å². The van der Waals surface area contributed by atoms with Crippen LogP contribution < -0.4 is 0 Å². The van der Waals surface area contributed by atoms with Crippen molar-refractivity contribution in [3.8, 4) is 0 Å². The van der Waals surface area contributed by atoms with E-state index in [0.717, 1.165) is 0 Å². The largest absolute Gasteiger partial charge is 0.393 e. The van der Waals surface area contributed by atoms with E-state index in [4.69, 9.17) is 0 Å². The van der Waals surface area contributed by atoms with Crippen molar-refractivity contribution in [2.45, 2.75) is 19.3 Å². The number of carbonyl (C=O) groups is 4. The summed E-state index contributed by atoms with van der Waals surface area (Å²) in [4.78, 5) is 45.8. The SMILES string of the molecule is O=C1CC(=O)C2CC3C(=O)OC(=O)C3CC12.[Ar]. The zero-order valence-corrected chi connectivity index (χ0v) is 9.53. The first-order chi connectivity index (χ1) is 7.58. The molecule has 2 saturated carbocycles. The van der Waals surface area contributed by atoms with E-state index in [1.54, 1.807) is 0 Å². The number of rotatable bonds is 0. The van der Waals surface area contributed by atoms with E-state index in [-0.39, 0.29) is 67.6 Å². The van der Waals surface area contributed by atoms with Gasteiger partial charge in [-0.1, -0.05) is 0 Å². The Morgan fingerprint density at radius 3 is 1.59 bits per heavy atom. The molecule has 0 aromatic carbocycles. The number of hydrogen-bond donors (Lipinski definition) is 0. The van der Waals surface area contributed by atoms with Gasteiger partial charge in [0, 0.05) is 49.6 Å². The van der Waals surface area contributed by atoms with Crippen LogP contribution in [-0.4, -0.2) is 23.5 Å².